The molecule has 3 rings (SSSR count). The molecule has 0 aromatic heterocycles. The van der Waals surface area contributed by atoms with E-state index in [1.807, 2.05) is 0 Å². The standard InChI is InChI=1S/C13H20O2.C9H14O2/c1-5-11(14)15-10-8-9-6-7-13(10,4)12(9,2)3;1-2-9(10)11-8-6-4-3-5-7-8/h5,9-10H,1,6-8H2,2-4H3;2,8H,1,3-7H2/t9-,10-,13+;/m0./s1. The molecule has 146 valence electrons. The van der Waals surface area contributed by atoms with Gasteiger partial charge in [-0.1, -0.05) is 40.3 Å². The van der Waals surface area contributed by atoms with Crippen LogP contribution in [0.3, 0.4) is 0 Å². The van der Waals surface area contributed by atoms with Gasteiger partial charge in [0, 0.05) is 17.6 Å². The zero-order chi connectivity index (χ0) is 19.4. The number of carbonyl (C=O) groups is 2. The third-order valence-corrected chi connectivity index (χ3v) is 7.14. The zero-order valence-corrected chi connectivity index (χ0v) is 16.6. The molecule has 0 saturated heterocycles. The fourth-order valence-electron chi connectivity index (χ4n) is 4.89. The monoisotopic (exact) mass is 362 g/mol. The quantitative estimate of drug-likeness (QED) is 0.523. The van der Waals surface area contributed by atoms with Crippen molar-refractivity contribution in [2.75, 3.05) is 0 Å². The van der Waals surface area contributed by atoms with Crippen molar-refractivity contribution < 1.29 is 19.1 Å². The molecule has 3 fully saturated rings. The minimum absolute atomic E-state index is 0.0942. The van der Waals surface area contributed by atoms with Crippen LogP contribution in [0.5, 0.6) is 0 Å². The van der Waals surface area contributed by atoms with E-state index in [9.17, 15) is 9.59 Å². The van der Waals surface area contributed by atoms with Gasteiger partial charge in [-0.2, -0.15) is 0 Å². The number of hydrogen-bond acceptors (Lipinski definition) is 4. The molecular weight excluding hydrogens is 328 g/mol. The zero-order valence-electron chi connectivity index (χ0n) is 16.6. The van der Waals surface area contributed by atoms with E-state index in [0.29, 0.717) is 11.3 Å². The maximum absolute atomic E-state index is 11.3. The SMILES string of the molecule is C=CC(=O)OC1CCCCC1.C=CC(=O)O[C@H]1C[C@@H]2CC[C@@]1(C)C2(C)C. The fraction of sp³-hybridized carbons (Fsp3) is 0.727. The van der Waals surface area contributed by atoms with Crippen LogP contribution in [0.4, 0.5) is 0 Å². The molecular formula is C22H34O4. The van der Waals surface area contributed by atoms with Crippen LogP contribution in [0.15, 0.2) is 25.3 Å². The van der Waals surface area contributed by atoms with Gasteiger partial charge in [0.1, 0.15) is 12.2 Å². The van der Waals surface area contributed by atoms with Crippen molar-refractivity contribution in [1.82, 2.24) is 0 Å². The van der Waals surface area contributed by atoms with Crippen molar-refractivity contribution in [2.24, 2.45) is 16.7 Å². The van der Waals surface area contributed by atoms with Crippen LogP contribution in [-0.2, 0) is 19.1 Å². The number of carbonyl (C=O) groups excluding carboxylic acids is 2. The first kappa shape index (κ1) is 20.7. The third kappa shape index (κ3) is 4.21. The first-order valence-corrected chi connectivity index (χ1v) is 9.90. The van der Waals surface area contributed by atoms with Gasteiger partial charge in [0.25, 0.3) is 0 Å². The highest BCUT2D eigenvalue weighted by Gasteiger charge is 2.62. The summed E-state index contributed by atoms with van der Waals surface area (Å²) < 4.78 is 10.6. The average molecular weight is 363 g/mol. The van der Waals surface area contributed by atoms with E-state index in [4.69, 9.17) is 9.47 Å². The normalized spacial score (nSPS) is 32.1. The van der Waals surface area contributed by atoms with E-state index in [2.05, 4.69) is 33.9 Å². The summed E-state index contributed by atoms with van der Waals surface area (Å²) >= 11 is 0. The summed E-state index contributed by atoms with van der Waals surface area (Å²) in [6.45, 7) is 13.7. The minimum Gasteiger partial charge on any atom is -0.459 e. The van der Waals surface area contributed by atoms with E-state index < -0.39 is 0 Å². The van der Waals surface area contributed by atoms with Crippen molar-refractivity contribution in [3.63, 3.8) is 0 Å². The highest BCUT2D eigenvalue weighted by molar-refractivity contribution is 5.81. The molecule has 4 heteroatoms. The molecule has 0 N–H and O–H groups in total. The van der Waals surface area contributed by atoms with E-state index in [1.165, 1.54) is 44.3 Å². The highest BCUT2D eigenvalue weighted by atomic mass is 16.5. The van der Waals surface area contributed by atoms with Crippen molar-refractivity contribution in [3.05, 3.63) is 25.3 Å². The van der Waals surface area contributed by atoms with Crippen LogP contribution >= 0.6 is 0 Å². The Balaban J connectivity index is 0.000000197. The molecule has 3 atom stereocenters. The Morgan fingerprint density at radius 3 is 1.96 bits per heavy atom. The minimum atomic E-state index is -0.281. The van der Waals surface area contributed by atoms with E-state index >= 15 is 0 Å². The molecule has 3 aliphatic carbocycles. The Hall–Kier alpha value is -1.58. The van der Waals surface area contributed by atoms with Gasteiger partial charge in [-0.25, -0.2) is 9.59 Å². The fourth-order valence-corrected chi connectivity index (χ4v) is 4.89. The molecule has 26 heavy (non-hydrogen) atoms. The van der Waals surface area contributed by atoms with Crippen molar-refractivity contribution in [3.8, 4) is 0 Å². The molecule has 3 aliphatic rings. The Kier molecular flexibility index (Phi) is 6.70. The summed E-state index contributed by atoms with van der Waals surface area (Å²) in [5.41, 5.74) is 0.468. The van der Waals surface area contributed by atoms with Crippen LogP contribution in [0, 0.1) is 16.7 Å². The number of fused-ring (bicyclic) bond motifs is 2. The highest BCUT2D eigenvalue weighted by Crippen LogP contribution is 2.66. The van der Waals surface area contributed by atoms with E-state index in [0.717, 1.165) is 19.3 Å². The van der Waals surface area contributed by atoms with E-state index in [1.54, 1.807) is 0 Å². The van der Waals surface area contributed by atoms with Gasteiger partial charge in [-0.15, -0.1) is 0 Å². The molecule has 4 nitrogen and oxygen atoms in total. The first-order valence-electron chi connectivity index (χ1n) is 9.90. The van der Waals surface area contributed by atoms with Crippen molar-refractivity contribution in [1.29, 1.82) is 0 Å². The number of hydrogen-bond donors (Lipinski definition) is 0. The van der Waals surface area contributed by atoms with Crippen molar-refractivity contribution in [2.45, 2.75) is 84.3 Å². The maximum Gasteiger partial charge on any atom is 0.330 e. The molecule has 0 spiro atoms. The number of esters is 2. The lowest BCUT2D eigenvalue weighted by Gasteiger charge is -2.38. The van der Waals surface area contributed by atoms with Crippen LogP contribution in [0.2, 0.25) is 0 Å². The molecule has 0 amide bonds. The van der Waals surface area contributed by atoms with Crippen LogP contribution in [0.1, 0.15) is 72.1 Å². The summed E-state index contributed by atoms with van der Waals surface area (Å²) in [6.07, 6.45) is 12.0. The van der Waals surface area contributed by atoms with Gasteiger partial charge in [0.2, 0.25) is 0 Å². The average Bonchev–Trinajstić information content (AvgIpc) is 2.96. The predicted octanol–water partition coefficient (Wildman–Crippen LogP) is 4.98. The summed E-state index contributed by atoms with van der Waals surface area (Å²) in [7, 11) is 0. The van der Waals surface area contributed by atoms with Crippen molar-refractivity contribution >= 4 is 11.9 Å². The molecule has 0 aromatic carbocycles. The molecule has 0 unspecified atom stereocenters. The smallest absolute Gasteiger partial charge is 0.330 e. The van der Waals surface area contributed by atoms with E-state index in [-0.39, 0.29) is 29.6 Å². The van der Waals surface area contributed by atoms with Gasteiger partial charge < -0.3 is 9.47 Å². The lowest BCUT2D eigenvalue weighted by atomic mass is 9.70. The molecule has 0 aromatic rings. The molecule has 0 aliphatic heterocycles. The largest absolute Gasteiger partial charge is 0.459 e. The van der Waals surface area contributed by atoms with Crippen LogP contribution in [0.25, 0.3) is 0 Å². The summed E-state index contributed by atoms with van der Waals surface area (Å²) in [4.78, 5) is 22.0. The Morgan fingerprint density at radius 2 is 1.50 bits per heavy atom. The predicted molar refractivity (Wildman–Crippen MR) is 102 cm³/mol. The summed E-state index contributed by atoms with van der Waals surface area (Å²) in [5, 5.41) is 0. The maximum atomic E-state index is 11.3. The Morgan fingerprint density at radius 1 is 0.923 bits per heavy atom. The summed E-state index contributed by atoms with van der Waals surface area (Å²) in [6, 6.07) is 0. The molecule has 0 radical (unpaired) electrons. The second-order valence-corrected chi connectivity index (χ2v) is 8.64. The Labute approximate surface area is 158 Å². The second-order valence-electron chi connectivity index (χ2n) is 8.64. The number of ether oxygens (including phenoxy) is 2. The molecule has 3 saturated carbocycles. The first-order chi connectivity index (χ1) is 12.2. The van der Waals surface area contributed by atoms with Gasteiger partial charge in [0.15, 0.2) is 0 Å². The lowest BCUT2D eigenvalue weighted by Crippen LogP contribution is -2.38. The van der Waals surface area contributed by atoms with Gasteiger partial charge >= 0.3 is 11.9 Å². The van der Waals surface area contributed by atoms with Crippen LogP contribution < -0.4 is 0 Å². The van der Waals surface area contributed by atoms with Gasteiger partial charge in [0.05, 0.1) is 0 Å². The second kappa shape index (κ2) is 8.41. The molecule has 2 bridgehead atoms. The lowest BCUT2D eigenvalue weighted by molar-refractivity contribution is -0.150. The number of rotatable bonds is 4. The van der Waals surface area contributed by atoms with Gasteiger partial charge in [-0.05, 0) is 56.3 Å². The topological polar surface area (TPSA) is 52.6 Å². The molecule has 0 heterocycles. The van der Waals surface area contributed by atoms with Crippen LogP contribution in [-0.4, -0.2) is 24.1 Å². The third-order valence-electron chi connectivity index (χ3n) is 7.14. The summed E-state index contributed by atoms with van der Waals surface area (Å²) in [5.74, 6) is 0.159. The Bertz CT molecular complexity index is 544. The van der Waals surface area contributed by atoms with Gasteiger partial charge in [-0.3, -0.25) is 0 Å².